The average Bonchev–Trinajstić information content (AvgIpc) is 3.20. The molecule has 39 heavy (non-hydrogen) atoms. The van der Waals surface area contributed by atoms with Gasteiger partial charge in [0.2, 0.25) is 0 Å². The van der Waals surface area contributed by atoms with Crippen molar-refractivity contribution in [2.75, 3.05) is 0 Å². The van der Waals surface area contributed by atoms with Crippen molar-refractivity contribution < 1.29 is 58.9 Å². The fourth-order valence-corrected chi connectivity index (χ4v) is 6.76. The topological polar surface area (TPSA) is 0 Å². The molecular formula is C34H49Cl3SiTi. The van der Waals surface area contributed by atoms with Gasteiger partial charge in [0.1, 0.15) is 0 Å². The van der Waals surface area contributed by atoms with Crippen molar-refractivity contribution in [2.45, 2.75) is 123 Å². The standard InChI is InChI=1S/C34H49Si.3ClH.Ti/c1-3-4-5-6-7-8-9-10-11-12-13-14-15-16-17-18-23-30-24-20-22-27-33(30)35-34-28-31-25-19-21-26-32(31)29(34)2;;;;/h19-22,24-28H,3-18,23H2,1-2H3;3*1H;/q-1;;;;+4/p-3. The minimum Gasteiger partial charge on any atom is -1.00 e. The van der Waals surface area contributed by atoms with Crippen LogP contribution in [0.4, 0.5) is 0 Å². The van der Waals surface area contributed by atoms with Crippen LogP contribution in [0.25, 0.3) is 10.8 Å². The minimum atomic E-state index is 0. The predicted molar refractivity (Wildman–Crippen MR) is 159 cm³/mol. The molecule has 0 fully saturated rings. The fraction of sp³-hybridized carbons (Fsp3) is 0.559. The third-order valence-electron chi connectivity index (χ3n) is 7.66. The number of unbranched alkanes of at least 4 members (excludes halogenated alkanes) is 15. The largest absolute Gasteiger partial charge is 4.00 e. The Bertz CT molecular complexity index is 972. The van der Waals surface area contributed by atoms with Crippen LogP contribution < -0.4 is 47.6 Å². The van der Waals surface area contributed by atoms with Crippen molar-refractivity contribution in [3.05, 3.63) is 65.7 Å². The molecule has 0 aliphatic rings. The van der Waals surface area contributed by atoms with Crippen LogP contribution in [0, 0.1) is 6.92 Å². The Morgan fingerprint density at radius 3 is 1.59 bits per heavy atom. The maximum Gasteiger partial charge on any atom is 4.00 e. The van der Waals surface area contributed by atoms with E-state index in [-0.39, 0.29) is 58.9 Å². The van der Waals surface area contributed by atoms with Crippen molar-refractivity contribution in [3.8, 4) is 0 Å². The number of aryl methyl sites for hydroxylation is 2. The summed E-state index contributed by atoms with van der Waals surface area (Å²) in [4.78, 5) is 0. The second-order valence-corrected chi connectivity index (χ2v) is 11.9. The first-order valence-electron chi connectivity index (χ1n) is 14.8. The summed E-state index contributed by atoms with van der Waals surface area (Å²) in [5.41, 5.74) is 3.04. The smallest absolute Gasteiger partial charge is 1.00 e. The number of hydrogen-bond donors (Lipinski definition) is 0. The number of halogens is 3. The molecule has 0 nitrogen and oxygen atoms in total. The molecule has 3 aromatic rings. The summed E-state index contributed by atoms with van der Waals surface area (Å²) < 4.78 is 0. The van der Waals surface area contributed by atoms with Crippen LogP contribution in [0.2, 0.25) is 0 Å². The summed E-state index contributed by atoms with van der Waals surface area (Å²) in [5.74, 6) is 0. The molecule has 0 spiro atoms. The van der Waals surface area contributed by atoms with E-state index in [4.69, 9.17) is 0 Å². The number of hydrogen-bond acceptors (Lipinski definition) is 0. The van der Waals surface area contributed by atoms with Crippen molar-refractivity contribution in [1.29, 1.82) is 0 Å². The minimum absolute atomic E-state index is 0. The quantitative estimate of drug-likeness (QED) is 0.101. The van der Waals surface area contributed by atoms with Crippen LogP contribution in [0.5, 0.6) is 0 Å². The molecule has 0 aliphatic carbocycles. The van der Waals surface area contributed by atoms with Gasteiger partial charge in [0.15, 0.2) is 0 Å². The molecule has 0 saturated heterocycles. The van der Waals surface area contributed by atoms with Crippen LogP contribution in [0.15, 0.2) is 54.6 Å². The van der Waals surface area contributed by atoms with E-state index in [2.05, 4.69) is 68.4 Å². The van der Waals surface area contributed by atoms with Gasteiger partial charge in [-0.05, 0) is 18.4 Å². The van der Waals surface area contributed by atoms with Gasteiger partial charge in [0.25, 0.3) is 0 Å². The summed E-state index contributed by atoms with van der Waals surface area (Å²) in [7, 11) is 0.768. The van der Waals surface area contributed by atoms with Crippen LogP contribution in [-0.4, -0.2) is 9.52 Å². The predicted octanol–water partition coefficient (Wildman–Crippen LogP) is 0.336. The summed E-state index contributed by atoms with van der Waals surface area (Å²) in [6, 6.07) is 20.4. The molecule has 3 rings (SSSR count). The molecule has 0 heterocycles. The Kier molecular flexibility index (Phi) is 26.9. The zero-order valence-electron chi connectivity index (χ0n) is 24.4. The summed E-state index contributed by atoms with van der Waals surface area (Å²) in [6.45, 7) is 4.60. The van der Waals surface area contributed by atoms with Gasteiger partial charge in [-0.1, -0.05) is 146 Å². The van der Waals surface area contributed by atoms with Gasteiger partial charge in [-0.3, -0.25) is 0 Å². The molecule has 0 aliphatic heterocycles. The van der Waals surface area contributed by atoms with Gasteiger partial charge >= 0.3 is 21.7 Å². The Morgan fingerprint density at radius 2 is 1.05 bits per heavy atom. The molecule has 0 atom stereocenters. The van der Waals surface area contributed by atoms with Gasteiger partial charge < -0.3 is 37.2 Å². The summed E-state index contributed by atoms with van der Waals surface area (Å²) in [5, 5.41) is 5.88. The SMILES string of the molecule is CCCCCCCCCCCCCCCCCCc1ccccc1[Si]c1cc2ccccc2[c-]1C.[Cl-].[Cl-].[Cl-].[Ti+4]. The molecule has 0 N–H and O–H groups in total. The maximum absolute atomic E-state index is 2.41. The van der Waals surface area contributed by atoms with Gasteiger partial charge in [-0.15, -0.1) is 39.7 Å². The maximum atomic E-state index is 2.41. The fourth-order valence-electron chi connectivity index (χ4n) is 5.37. The number of fused-ring (bicyclic) bond motifs is 1. The van der Waals surface area contributed by atoms with Crippen molar-refractivity contribution >= 4 is 30.7 Å². The monoisotopic (exact) mass is 638 g/mol. The van der Waals surface area contributed by atoms with Crippen molar-refractivity contribution in [3.63, 3.8) is 0 Å². The van der Waals surface area contributed by atoms with E-state index in [0.29, 0.717) is 0 Å². The second-order valence-electron chi connectivity index (χ2n) is 10.6. The first-order chi connectivity index (χ1) is 17.3. The molecule has 0 amide bonds. The van der Waals surface area contributed by atoms with Crippen LogP contribution in [0.3, 0.4) is 0 Å². The van der Waals surface area contributed by atoms with E-state index in [1.54, 1.807) is 10.8 Å². The molecule has 2 radical (unpaired) electrons. The Hall–Kier alpha value is -0.149. The molecule has 0 unspecified atom stereocenters. The molecule has 0 aromatic heterocycles. The molecule has 0 saturated carbocycles. The number of benzene rings is 2. The normalized spacial score (nSPS) is 10.3. The third-order valence-corrected chi connectivity index (χ3v) is 9.20. The van der Waals surface area contributed by atoms with Crippen LogP contribution in [-0.2, 0) is 28.1 Å². The summed E-state index contributed by atoms with van der Waals surface area (Å²) >= 11 is 0. The Labute approximate surface area is 276 Å². The molecule has 0 bridgehead atoms. The van der Waals surface area contributed by atoms with Crippen molar-refractivity contribution in [1.82, 2.24) is 0 Å². The van der Waals surface area contributed by atoms with Crippen LogP contribution in [0.1, 0.15) is 121 Å². The van der Waals surface area contributed by atoms with Crippen molar-refractivity contribution in [2.24, 2.45) is 0 Å². The Balaban J connectivity index is 0. The van der Waals surface area contributed by atoms with E-state index in [9.17, 15) is 0 Å². The van der Waals surface area contributed by atoms with E-state index in [1.807, 2.05) is 0 Å². The van der Waals surface area contributed by atoms with Gasteiger partial charge in [-0.2, -0.15) is 6.07 Å². The molecule has 5 heteroatoms. The first kappa shape index (κ1) is 41.0. The third kappa shape index (κ3) is 15.6. The molecule has 3 aromatic carbocycles. The zero-order chi connectivity index (χ0) is 24.6. The zero-order valence-corrected chi connectivity index (χ0v) is 29.2. The van der Waals surface area contributed by atoms with Gasteiger partial charge in [0.05, 0.1) is 9.52 Å². The second kappa shape index (κ2) is 25.6. The van der Waals surface area contributed by atoms with E-state index in [0.717, 1.165) is 9.52 Å². The van der Waals surface area contributed by atoms with Gasteiger partial charge in [0, 0.05) is 0 Å². The number of rotatable bonds is 19. The van der Waals surface area contributed by atoms with E-state index < -0.39 is 0 Å². The average molecular weight is 640 g/mol. The van der Waals surface area contributed by atoms with Crippen LogP contribution >= 0.6 is 0 Å². The summed E-state index contributed by atoms with van der Waals surface area (Å²) in [6.07, 6.45) is 24.2. The van der Waals surface area contributed by atoms with Gasteiger partial charge in [-0.25, -0.2) is 0 Å². The first-order valence-corrected chi connectivity index (χ1v) is 15.8. The van der Waals surface area contributed by atoms with E-state index in [1.165, 1.54) is 131 Å². The van der Waals surface area contributed by atoms with E-state index >= 15 is 0 Å². The molecule has 214 valence electrons. The molecular weight excluding hydrogens is 591 g/mol. The Morgan fingerprint density at radius 1 is 0.590 bits per heavy atom.